The molecule has 134 valence electrons. The fourth-order valence-electron chi connectivity index (χ4n) is 3.50. The van der Waals surface area contributed by atoms with Crippen molar-refractivity contribution in [1.82, 2.24) is 15.3 Å². The van der Waals surface area contributed by atoms with Crippen LogP contribution in [0.25, 0.3) is 0 Å². The van der Waals surface area contributed by atoms with Crippen LogP contribution in [0.2, 0.25) is 5.02 Å². The first kappa shape index (κ1) is 19.3. The van der Waals surface area contributed by atoms with E-state index in [9.17, 15) is 9.59 Å². The summed E-state index contributed by atoms with van der Waals surface area (Å²) in [6.07, 6.45) is 0. The minimum absolute atomic E-state index is 0. The maximum Gasteiger partial charge on any atom is 1.00 e. The van der Waals surface area contributed by atoms with Crippen molar-refractivity contribution in [3.05, 3.63) is 33.0 Å². The second kappa shape index (κ2) is 6.93. The number of nitrogens with one attached hydrogen (secondary N) is 2. The summed E-state index contributed by atoms with van der Waals surface area (Å²) in [5.41, 5.74) is 1.81. The van der Waals surface area contributed by atoms with E-state index in [1.807, 2.05) is 6.92 Å². The Kier molecular flexibility index (Phi) is 5.14. The molecule has 2 fully saturated rings. The van der Waals surface area contributed by atoms with Gasteiger partial charge in [0.1, 0.15) is 10.6 Å². The van der Waals surface area contributed by atoms with Gasteiger partial charge >= 0.3 is 24.8 Å². The number of nitrogens with zero attached hydrogens (tertiary/aromatic N) is 2. The van der Waals surface area contributed by atoms with Gasteiger partial charge in [0, 0.05) is 36.7 Å². The molecule has 7 nitrogen and oxygen atoms in total. The number of fused-ring (bicyclic) bond motifs is 1. The summed E-state index contributed by atoms with van der Waals surface area (Å²) in [6, 6.07) is 1.80. The van der Waals surface area contributed by atoms with Crippen LogP contribution in [0.15, 0.2) is 6.07 Å². The van der Waals surface area contributed by atoms with Crippen molar-refractivity contribution < 1.29 is 35.0 Å². The first-order valence-corrected chi connectivity index (χ1v) is 9.16. The first-order valence-electron chi connectivity index (χ1n) is 7.96. The Morgan fingerprint density at radius 2 is 2.08 bits per heavy atom. The van der Waals surface area contributed by atoms with E-state index in [2.05, 4.69) is 20.2 Å². The normalized spacial score (nSPS) is 23.3. The van der Waals surface area contributed by atoms with E-state index in [4.69, 9.17) is 16.7 Å². The fourth-order valence-corrected chi connectivity index (χ4v) is 4.58. The number of carbonyl (C=O) groups is 2. The molecule has 4 rings (SSSR count). The molecule has 0 spiro atoms. The van der Waals surface area contributed by atoms with E-state index in [0.29, 0.717) is 33.1 Å². The number of amides is 1. The van der Waals surface area contributed by atoms with Gasteiger partial charge in [0.05, 0.1) is 10.7 Å². The predicted molar refractivity (Wildman–Crippen MR) is 95.9 cm³/mol. The number of hydrogen-bond acceptors (Lipinski definition) is 5. The number of carboxylic acid groups (broad SMARTS) is 1. The van der Waals surface area contributed by atoms with Crippen molar-refractivity contribution in [3.8, 4) is 0 Å². The summed E-state index contributed by atoms with van der Waals surface area (Å²) >= 11 is 7.19. The van der Waals surface area contributed by atoms with Gasteiger partial charge in [0.2, 0.25) is 0 Å². The summed E-state index contributed by atoms with van der Waals surface area (Å²) in [4.78, 5) is 33.2. The number of aryl methyl sites for hydroxylation is 2. The second-order valence-electron chi connectivity index (χ2n) is 6.60. The van der Waals surface area contributed by atoms with Gasteiger partial charge in [-0.05, 0) is 19.9 Å². The molecule has 1 saturated carbocycles. The summed E-state index contributed by atoms with van der Waals surface area (Å²) in [5, 5.41) is 13.5. The topological polar surface area (TPSA) is 98.3 Å². The van der Waals surface area contributed by atoms with Crippen LogP contribution in [0.5, 0.6) is 0 Å². The van der Waals surface area contributed by atoms with Gasteiger partial charge in [-0.15, -0.1) is 0 Å². The van der Waals surface area contributed by atoms with E-state index >= 15 is 0 Å². The van der Waals surface area contributed by atoms with Crippen LogP contribution in [0, 0.1) is 25.7 Å². The molecular weight excluding hydrogens is 371 g/mol. The van der Waals surface area contributed by atoms with Crippen molar-refractivity contribution in [3.63, 3.8) is 0 Å². The standard InChI is InChI=1S/C16H17ClN4O3S.Li.H/c1-6-10(17)3-11(18-6)14(22)20-12-8-4-21(5-9(8)12)16-19-7(2)13(25-16)15(23)24;;/h3,8-9,12,18H,4-5H2,1-2H3,(H,20,22)(H,23,24);;/q;+1;-1/t8-,9+,12?;;. The largest absolute Gasteiger partial charge is 1.00 e. The number of H-pyrrole nitrogens is 1. The smallest absolute Gasteiger partial charge is 1.00 e. The molecule has 0 bridgehead atoms. The zero-order valence-electron chi connectivity index (χ0n) is 15.7. The minimum Gasteiger partial charge on any atom is -1.00 e. The van der Waals surface area contributed by atoms with Crippen molar-refractivity contribution in [2.75, 3.05) is 18.0 Å². The summed E-state index contributed by atoms with van der Waals surface area (Å²) in [7, 11) is 0. The zero-order valence-corrected chi connectivity index (χ0v) is 16.2. The number of anilines is 1. The molecule has 0 radical (unpaired) electrons. The molecule has 2 aromatic heterocycles. The molecule has 3 N–H and O–H groups in total. The molecule has 1 amide bonds. The fraction of sp³-hybridized carbons (Fsp3) is 0.438. The molecule has 1 aliphatic heterocycles. The molecule has 1 saturated heterocycles. The zero-order chi connectivity index (χ0) is 17.9. The second-order valence-corrected chi connectivity index (χ2v) is 7.99. The number of aromatic nitrogens is 2. The number of rotatable bonds is 4. The van der Waals surface area contributed by atoms with Gasteiger partial charge in [-0.3, -0.25) is 4.79 Å². The van der Waals surface area contributed by atoms with Crippen LogP contribution in [0.1, 0.15) is 33.0 Å². The van der Waals surface area contributed by atoms with Gasteiger partial charge in [-0.1, -0.05) is 22.9 Å². The van der Waals surface area contributed by atoms with Crippen LogP contribution >= 0.6 is 22.9 Å². The van der Waals surface area contributed by atoms with E-state index in [1.54, 1.807) is 13.0 Å². The van der Waals surface area contributed by atoms with Crippen molar-refractivity contribution in [2.45, 2.75) is 19.9 Å². The maximum atomic E-state index is 12.3. The van der Waals surface area contributed by atoms with E-state index < -0.39 is 5.97 Å². The summed E-state index contributed by atoms with van der Waals surface area (Å²) < 4.78 is 0. The third kappa shape index (κ3) is 3.27. The Balaban J connectivity index is 0.00000131. The van der Waals surface area contributed by atoms with Gasteiger partial charge in [-0.25, -0.2) is 9.78 Å². The van der Waals surface area contributed by atoms with Crippen LogP contribution < -0.4 is 29.1 Å². The monoisotopic (exact) mass is 388 g/mol. The molecule has 1 aliphatic carbocycles. The minimum atomic E-state index is -0.935. The Bertz CT molecular complexity index is 858. The number of halogens is 1. The number of carboxylic acids is 1. The number of thiazole rings is 1. The van der Waals surface area contributed by atoms with Crippen molar-refractivity contribution in [2.24, 2.45) is 11.8 Å². The first-order chi connectivity index (χ1) is 11.8. The summed E-state index contributed by atoms with van der Waals surface area (Å²) in [5.74, 6) is -0.309. The van der Waals surface area contributed by atoms with E-state index in [-0.39, 0.29) is 32.2 Å². The van der Waals surface area contributed by atoms with Crippen LogP contribution in [-0.4, -0.2) is 46.1 Å². The average molecular weight is 389 g/mol. The molecule has 2 aliphatic rings. The summed E-state index contributed by atoms with van der Waals surface area (Å²) in [6.45, 7) is 5.11. The van der Waals surface area contributed by atoms with Crippen LogP contribution in [0.3, 0.4) is 0 Å². The Morgan fingerprint density at radius 3 is 2.58 bits per heavy atom. The molecule has 10 heteroatoms. The molecule has 3 heterocycles. The Morgan fingerprint density at radius 1 is 1.42 bits per heavy atom. The molecule has 0 aromatic carbocycles. The molecule has 3 atom stereocenters. The molecule has 26 heavy (non-hydrogen) atoms. The average Bonchev–Trinajstić information content (AvgIpc) is 2.96. The number of carbonyl (C=O) groups excluding carboxylic acids is 1. The quantitative estimate of drug-likeness (QED) is 0.609. The van der Waals surface area contributed by atoms with Gasteiger partial charge in [0.15, 0.2) is 5.13 Å². The Labute approximate surface area is 172 Å². The molecule has 2 aromatic rings. The van der Waals surface area contributed by atoms with E-state index in [1.165, 1.54) is 11.3 Å². The Hall–Kier alpha value is -1.46. The third-order valence-electron chi connectivity index (χ3n) is 4.94. The van der Waals surface area contributed by atoms with Crippen LogP contribution in [-0.2, 0) is 0 Å². The number of piperidine rings is 1. The van der Waals surface area contributed by atoms with Crippen molar-refractivity contribution >= 4 is 39.9 Å². The maximum absolute atomic E-state index is 12.3. The van der Waals surface area contributed by atoms with E-state index in [0.717, 1.165) is 23.9 Å². The molecular formula is C16H18ClLiN4O3S. The number of aromatic carboxylic acids is 1. The molecule has 1 unspecified atom stereocenters. The predicted octanol–water partition coefficient (Wildman–Crippen LogP) is -0.579. The van der Waals surface area contributed by atoms with Gasteiger partial charge in [0.25, 0.3) is 5.91 Å². The van der Waals surface area contributed by atoms with Gasteiger partial charge in [-0.2, -0.15) is 0 Å². The third-order valence-corrected chi connectivity index (χ3v) is 6.54. The van der Waals surface area contributed by atoms with Crippen LogP contribution in [0.4, 0.5) is 5.13 Å². The number of hydrogen-bond donors (Lipinski definition) is 3. The van der Waals surface area contributed by atoms with Crippen molar-refractivity contribution in [1.29, 1.82) is 0 Å². The number of aromatic amines is 1. The SMILES string of the molecule is Cc1nc(N2C[C@@H]3C(NC(=O)c4cc(Cl)c(C)[nH]4)[C@@H]3C2)sc1C(=O)O.[H-].[Li+]. The van der Waals surface area contributed by atoms with Gasteiger partial charge < -0.3 is 21.7 Å².